The lowest BCUT2D eigenvalue weighted by Crippen LogP contribution is -1.96. The van der Waals surface area contributed by atoms with Gasteiger partial charge in [-0.05, 0) is 25.1 Å². The largest absolute Gasteiger partial charge is 0.295 e. The number of hydrogen-bond donors (Lipinski definition) is 0. The maximum Gasteiger partial charge on any atom is 0.295 e. The van der Waals surface area contributed by atoms with Crippen LogP contribution >= 0.6 is 0 Å². The van der Waals surface area contributed by atoms with Gasteiger partial charge < -0.3 is 0 Å². The molecule has 0 spiro atoms. The van der Waals surface area contributed by atoms with E-state index in [-0.39, 0.29) is 5.69 Å². The molecule has 0 saturated heterocycles. The molecular formula is C11H9N3O2. The zero-order chi connectivity index (χ0) is 11.5. The third-order valence-corrected chi connectivity index (χ3v) is 2.16. The highest BCUT2D eigenvalue weighted by Crippen LogP contribution is 2.27. The van der Waals surface area contributed by atoms with Gasteiger partial charge in [-0.1, -0.05) is 0 Å². The Morgan fingerprint density at radius 1 is 1.19 bits per heavy atom. The standard InChI is InChI=1S/C11H9N3O2/c1-8-2-3-10(14(15)16)11(13-8)9-4-6-12-7-5-9/h2-7H,1H3. The SMILES string of the molecule is Cc1ccc([N+](=O)[O-])c(-c2ccncc2)n1. The molecule has 80 valence electrons. The van der Waals surface area contributed by atoms with Crippen molar-refractivity contribution in [2.24, 2.45) is 0 Å². The van der Waals surface area contributed by atoms with Crippen LogP contribution in [-0.2, 0) is 0 Å². The Balaban J connectivity index is 2.63. The average Bonchev–Trinajstić information content (AvgIpc) is 2.29. The molecule has 2 aromatic rings. The summed E-state index contributed by atoms with van der Waals surface area (Å²) in [7, 11) is 0. The van der Waals surface area contributed by atoms with Crippen molar-refractivity contribution in [1.82, 2.24) is 9.97 Å². The van der Waals surface area contributed by atoms with E-state index < -0.39 is 4.92 Å². The second-order valence-corrected chi connectivity index (χ2v) is 3.31. The number of aryl methyl sites for hydroxylation is 1. The first kappa shape index (κ1) is 10.2. The second kappa shape index (κ2) is 4.06. The van der Waals surface area contributed by atoms with E-state index in [1.165, 1.54) is 6.07 Å². The molecule has 0 aromatic carbocycles. The molecule has 16 heavy (non-hydrogen) atoms. The van der Waals surface area contributed by atoms with Crippen LogP contribution in [0, 0.1) is 17.0 Å². The Labute approximate surface area is 91.9 Å². The van der Waals surface area contributed by atoms with E-state index in [0.29, 0.717) is 11.3 Å². The Hall–Kier alpha value is -2.30. The molecule has 0 aliphatic rings. The van der Waals surface area contributed by atoms with Gasteiger partial charge in [0, 0.05) is 29.7 Å². The fourth-order valence-corrected chi connectivity index (χ4v) is 1.42. The maximum absolute atomic E-state index is 10.9. The molecule has 0 fully saturated rings. The number of aromatic nitrogens is 2. The van der Waals surface area contributed by atoms with Gasteiger partial charge in [-0.2, -0.15) is 0 Å². The van der Waals surface area contributed by atoms with E-state index in [4.69, 9.17) is 0 Å². The van der Waals surface area contributed by atoms with Crippen LogP contribution in [0.15, 0.2) is 36.7 Å². The van der Waals surface area contributed by atoms with Crippen molar-refractivity contribution in [1.29, 1.82) is 0 Å². The van der Waals surface area contributed by atoms with Gasteiger partial charge in [0.05, 0.1) is 4.92 Å². The molecule has 0 unspecified atom stereocenters. The van der Waals surface area contributed by atoms with Gasteiger partial charge in [-0.15, -0.1) is 0 Å². The lowest BCUT2D eigenvalue weighted by atomic mass is 10.1. The van der Waals surface area contributed by atoms with Crippen LogP contribution in [0.5, 0.6) is 0 Å². The molecule has 0 radical (unpaired) electrons. The second-order valence-electron chi connectivity index (χ2n) is 3.31. The van der Waals surface area contributed by atoms with Crippen LogP contribution in [-0.4, -0.2) is 14.9 Å². The van der Waals surface area contributed by atoms with Gasteiger partial charge in [0.1, 0.15) is 5.69 Å². The first-order chi connectivity index (χ1) is 7.68. The summed E-state index contributed by atoms with van der Waals surface area (Å²) in [5, 5.41) is 10.9. The summed E-state index contributed by atoms with van der Waals surface area (Å²) < 4.78 is 0. The molecule has 0 bridgehead atoms. The number of nitro groups is 1. The van der Waals surface area contributed by atoms with E-state index in [1.807, 2.05) is 0 Å². The predicted molar refractivity (Wildman–Crippen MR) is 58.9 cm³/mol. The van der Waals surface area contributed by atoms with Crippen LogP contribution < -0.4 is 0 Å². The summed E-state index contributed by atoms with van der Waals surface area (Å²) in [5.74, 6) is 0. The molecule has 0 aliphatic carbocycles. The minimum Gasteiger partial charge on any atom is -0.265 e. The third kappa shape index (κ3) is 1.88. The monoisotopic (exact) mass is 215 g/mol. The first-order valence-electron chi connectivity index (χ1n) is 4.71. The highest BCUT2D eigenvalue weighted by molar-refractivity contribution is 5.68. The van der Waals surface area contributed by atoms with Gasteiger partial charge in [0.25, 0.3) is 5.69 Å². The fourth-order valence-electron chi connectivity index (χ4n) is 1.42. The molecule has 0 saturated carbocycles. The zero-order valence-electron chi connectivity index (χ0n) is 8.62. The highest BCUT2D eigenvalue weighted by Gasteiger charge is 2.16. The Morgan fingerprint density at radius 3 is 2.50 bits per heavy atom. The summed E-state index contributed by atoms with van der Waals surface area (Å²) in [4.78, 5) is 18.5. The van der Waals surface area contributed by atoms with Crippen molar-refractivity contribution in [2.75, 3.05) is 0 Å². The molecule has 0 N–H and O–H groups in total. The third-order valence-electron chi connectivity index (χ3n) is 2.16. The van der Waals surface area contributed by atoms with Crippen LogP contribution in [0.2, 0.25) is 0 Å². The Bertz CT molecular complexity index is 526. The van der Waals surface area contributed by atoms with Gasteiger partial charge in [-0.3, -0.25) is 15.1 Å². The summed E-state index contributed by atoms with van der Waals surface area (Å²) >= 11 is 0. The van der Waals surface area contributed by atoms with E-state index in [2.05, 4.69) is 9.97 Å². The van der Waals surface area contributed by atoms with Crippen LogP contribution in [0.25, 0.3) is 11.3 Å². The van der Waals surface area contributed by atoms with Gasteiger partial charge >= 0.3 is 0 Å². The van der Waals surface area contributed by atoms with Crippen LogP contribution in [0.4, 0.5) is 5.69 Å². The Morgan fingerprint density at radius 2 is 1.88 bits per heavy atom. The normalized spacial score (nSPS) is 10.1. The molecule has 0 amide bonds. The maximum atomic E-state index is 10.9. The number of pyridine rings is 2. The first-order valence-corrected chi connectivity index (χ1v) is 4.71. The van der Waals surface area contributed by atoms with E-state index in [1.54, 1.807) is 37.5 Å². The smallest absolute Gasteiger partial charge is 0.265 e. The van der Waals surface area contributed by atoms with Gasteiger partial charge in [0.2, 0.25) is 0 Å². The van der Waals surface area contributed by atoms with Crippen LogP contribution in [0.1, 0.15) is 5.69 Å². The summed E-state index contributed by atoms with van der Waals surface area (Å²) in [6.07, 6.45) is 3.17. The predicted octanol–water partition coefficient (Wildman–Crippen LogP) is 2.36. The molecule has 2 heterocycles. The summed E-state index contributed by atoms with van der Waals surface area (Å²) in [5.41, 5.74) is 1.84. The molecule has 5 heteroatoms. The molecule has 0 aliphatic heterocycles. The molecule has 2 rings (SSSR count). The zero-order valence-corrected chi connectivity index (χ0v) is 8.62. The molecule has 2 aromatic heterocycles. The molecule has 0 atom stereocenters. The molecule has 5 nitrogen and oxygen atoms in total. The van der Waals surface area contributed by atoms with Gasteiger partial charge in [-0.25, -0.2) is 4.98 Å². The number of rotatable bonds is 2. The fraction of sp³-hybridized carbons (Fsp3) is 0.0909. The van der Waals surface area contributed by atoms with Gasteiger partial charge in [0.15, 0.2) is 0 Å². The number of nitrogens with zero attached hydrogens (tertiary/aromatic N) is 3. The van der Waals surface area contributed by atoms with Crippen molar-refractivity contribution in [3.8, 4) is 11.3 Å². The van der Waals surface area contributed by atoms with Crippen molar-refractivity contribution >= 4 is 5.69 Å². The van der Waals surface area contributed by atoms with E-state index in [9.17, 15) is 10.1 Å². The number of hydrogen-bond acceptors (Lipinski definition) is 4. The minimum absolute atomic E-state index is 0.0109. The van der Waals surface area contributed by atoms with Crippen LogP contribution in [0.3, 0.4) is 0 Å². The van der Waals surface area contributed by atoms with Crippen molar-refractivity contribution in [3.05, 3.63) is 52.5 Å². The molecular weight excluding hydrogens is 206 g/mol. The highest BCUT2D eigenvalue weighted by atomic mass is 16.6. The lowest BCUT2D eigenvalue weighted by Gasteiger charge is -2.02. The topological polar surface area (TPSA) is 68.9 Å². The Kier molecular flexibility index (Phi) is 2.59. The summed E-state index contributed by atoms with van der Waals surface area (Å²) in [6, 6.07) is 6.50. The quantitative estimate of drug-likeness (QED) is 0.569. The van der Waals surface area contributed by atoms with Crippen molar-refractivity contribution in [3.63, 3.8) is 0 Å². The van der Waals surface area contributed by atoms with Crippen molar-refractivity contribution < 1.29 is 4.92 Å². The summed E-state index contributed by atoms with van der Waals surface area (Å²) in [6.45, 7) is 1.80. The lowest BCUT2D eigenvalue weighted by molar-refractivity contribution is -0.384. The average molecular weight is 215 g/mol. The van der Waals surface area contributed by atoms with Crippen molar-refractivity contribution in [2.45, 2.75) is 6.92 Å². The minimum atomic E-state index is -0.428. The van der Waals surface area contributed by atoms with E-state index in [0.717, 1.165) is 5.69 Å². The van der Waals surface area contributed by atoms with E-state index >= 15 is 0 Å².